The molecule has 0 saturated heterocycles. The Morgan fingerprint density at radius 2 is 1.41 bits per heavy atom. The molecule has 7 nitrogen and oxygen atoms in total. The third-order valence-corrected chi connectivity index (χ3v) is 8.93. The number of carbonyl (C=O) groups is 2. The molecule has 0 fully saturated rings. The lowest BCUT2D eigenvalue weighted by Gasteiger charge is -2.34. The fraction of sp³-hybridized carbons (Fsp3) is 0.310. The van der Waals surface area contributed by atoms with E-state index in [0.717, 1.165) is 4.31 Å². The Hall–Kier alpha value is -3.07. The summed E-state index contributed by atoms with van der Waals surface area (Å²) < 4.78 is 28.6. The molecule has 0 radical (unpaired) electrons. The molecule has 0 heterocycles. The third kappa shape index (κ3) is 7.53. The number of nitrogens with one attached hydrogen (secondary N) is 1. The SMILES string of the molecule is CC[C@@H](C)NC(=O)[C@H](CC)N(Cc1c(Cl)cccc1Cl)C(=O)CN(c1ccccc1)S(=O)(=O)c1ccccc1. The molecule has 0 spiro atoms. The van der Waals surface area contributed by atoms with E-state index < -0.39 is 28.5 Å². The number of benzene rings is 3. The average molecular weight is 591 g/mol. The number of halogens is 2. The van der Waals surface area contributed by atoms with Crippen LogP contribution < -0.4 is 9.62 Å². The zero-order chi connectivity index (χ0) is 28.6. The maximum absolute atomic E-state index is 14.0. The minimum absolute atomic E-state index is 0.0453. The van der Waals surface area contributed by atoms with Crippen molar-refractivity contribution in [2.24, 2.45) is 0 Å². The van der Waals surface area contributed by atoms with E-state index in [4.69, 9.17) is 23.2 Å². The van der Waals surface area contributed by atoms with Crippen LogP contribution in [0.4, 0.5) is 5.69 Å². The topological polar surface area (TPSA) is 86.8 Å². The molecule has 1 N–H and O–H groups in total. The van der Waals surface area contributed by atoms with Crippen LogP contribution in [0.1, 0.15) is 39.2 Å². The second-order valence-corrected chi connectivity index (χ2v) is 11.8. The minimum Gasteiger partial charge on any atom is -0.352 e. The van der Waals surface area contributed by atoms with E-state index in [-0.39, 0.29) is 23.4 Å². The summed E-state index contributed by atoms with van der Waals surface area (Å²) in [6, 6.07) is 20.3. The van der Waals surface area contributed by atoms with Crippen LogP contribution in [-0.4, -0.2) is 43.8 Å². The fourth-order valence-corrected chi connectivity index (χ4v) is 6.01. The maximum atomic E-state index is 14.0. The molecule has 39 heavy (non-hydrogen) atoms. The molecule has 0 aliphatic rings. The monoisotopic (exact) mass is 589 g/mol. The van der Waals surface area contributed by atoms with Crippen LogP contribution in [0, 0.1) is 0 Å². The van der Waals surface area contributed by atoms with Crippen LogP contribution in [0.5, 0.6) is 0 Å². The van der Waals surface area contributed by atoms with Gasteiger partial charge in [0.1, 0.15) is 12.6 Å². The van der Waals surface area contributed by atoms with Gasteiger partial charge in [0.25, 0.3) is 10.0 Å². The van der Waals surface area contributed by atoms with Crippen LogP contribution in [0.15, 0.2) is 83.8 Å². The quantitative estimate of drug-likeness (QED) is 0.284. The normalized spacial score (nSPS) is 12.8. The standard InChI is InChI=1S/C29H33Cl2N3O4S/c1-4-21(3)32-29(36)27(5-2)33(19-24-25(30)17-12-18-26(24)31)28(35)20-34(22-13-8-6-9-14-22)39(37,38)23-15-10-7-11-16-23/h6-18,21,27H,4-5,19-20H2,1-3H3,(H,32,36)/t21-,27+/m1/s1. The molecular formula is C29H33Cl2N3O4S. The van der Waals surface area contributed by atoms with E-state index in [0.29, 0.717) is 34.1 Å². The van der Waals surface area contributed by atoms with Crippen LogP contribution in [0.3, 0.4) is 0 Å². The summed E-state index contributed by atoms with van der Waals surface area (Å²) in [4.78, 5) is 28.8. The summed E-state index contributed by atoms with van der Waals surface area (Å²) in [7, 11) is -4.11. The summed E-state index contributed by atoms with van der Waals surface area (Å²) in [5.41, 5.74) is 0.795. The lowest BCUT2D eigenvalue weighted by Crippen LogP contribution is -2.53. The van der Waals surface area contributed by atoms with Gasteiger partial charge in [-0.05, 0) is 56.2 Å². The molecule has 0 aromatic heterocycles. The third-order valence-electron chi connectivity index (χ3n) is 6.43. The van der Waals surface area contributed by atoms with Gasteiger partial charge in [0.2, 0.25) is 11.8 Å². The number of para-hydroxylation sites is 1. The molecule has 208 valence electrons. The Balaban J connectivity index is 2.07. The molecule has 3 rings (SSSR count). The molecule has 0 aliphatic carbocycles. The van der Waals surface area contributed by atoms with E-state index in [1.54, 1.807) is 73.7 Å². The molecule has 10 heteroatoms. The van der Waals surface area contributed by atoms with Crippen molar-refractivity contribution >= 4 is 50.7 Å². The van der Waals surface area contributed by atoms with E-state index in [1.807, 2.05) is 13.8 Å². The van der Waals surface area contributed by atoms with Gasteiger partial charge in [0.05, 0.1) is 10.6 Å². The Bertz CT molecular complexity index is 1350. The Labute approximate surface area is 240 Å². The van der Waals surface area contributed by atoms with Crippen LogP contribution in [0.25, 0.3) is 0 Å². The maximum Gasteiger partial charge on any atom is 0.264 e. The highest BCUT2D eigenvalue weighted by atomic mass is 35.5. The first-order chi connectivity index (χ1) is 18.6. The number of anilines is 1. The van der Waals surface area contributed by atoms with Crippen LogP contribution in [-0.2, 0) is 26.2 Å². The Morgan fingerprint density at radius 3 is 1.95 bits per heavy atom. The first-order valence-electron chi connectivity index (χ1n) is 12.8. The van der Waals surface area contributed by atoms with Crippen molar-refractivity contribution in [2.45, 2.75) is 57.1 Å². The fourth-order valence-electron chi connectivity index (χ4n) is 4.06. The summed E-state index contributed by atoms with van der Waals surface area (Å²) in [5, 5.41) is 3.63. The first-order valence-corrected chi connectivity index (χ1v) is 14.9. The highest BCUT2D eigenvalue weighted by Gasteiger charge is 2.34. The van der Waals surface area contributed by atoms with Gasteiger partial charge in [-0.3, -0.25) is 13.9 Å². The van der Waals surface area contributed by atoms with Gasteiger partial charge in [-0.15, -0.1) is 0 Å². The van der Waals surface area contributed by atoms with Gasteiger partial charge in [-0.1, -0.05) is 79.5 Å². The van der Waals surface area contributed by atoms with Crippen molar-refractivity contribution in [1.29, 1.82) is 0 Å². The zero-order valence-corrected chi connectivity index (χ0v) is 24.5. The molecular weight excluding hydrogens is 557 g/mol. The van der Waals surface area contributed by atoms with E-state index >= 15 is 0 Å². The van der Waals surface area contributed by atoms with Crippen molar-refractivity contribution in [3.63, 3.8) is 0 Å². The molecule has 0 aliphatic heterocycles. The summed E-state index contributed by atoms with van der Waals surface area (Å²) in [6.45, 7) is 5.02. The predicted molar refractivity (Wildman–Crippen MR) is 156 cm³/mol. The van der Waals surface area contributed by atoms with Gasteiger partial charge >= 0.3 is 0 Å². The molecule has 0 saturated carbocycles. The number of sulfonamides is 1. The van der Waals surface area contributed by atoms with Crippen LogP contribution in [0.2, 0.25) is 10.0 Å². The number of hydrogen-bond donors (Lipinski definition) is 1. The highest BCUT2D eigenvalue weighted by molar-refractivity contribution is 7.92. The van der Waals surface area contributed by atoms with Crippen LogP contribution >= 0.6 is 23.2 Å². The van der Waals surface area contributed by atoms with Crippen molar-refractivity contribution in [1.82, 2.24) is 10.2 Å². The summed E-state index contributed by atoms with van der Waals surface area (Å²) in [6.07, 6.45) is 1.01. The van der Waals surface area contributed by atoms with Crippen molar-refractivity contribution < 1.29 is 18.0 Å². The first kappa shape index (κ1) is 30.5. The molecule has 3 aromatic carbocycles. The Kier molecular flexibility index (Phi) is 10.8. The minimum atomic E-state index is -4.11. The number of carbonyl (C=O) groups excluding carboxylic acids is 2. The smallest absolute Gasteiger partial charge is 0.264 e. The number of nitrogens with zero attached hydrogens (tertiary/aromatic N) is 2. The molecule has 3 aromatic rings. The van der Waals surface area contributed by atoms with Gasteiger partial charge < -0.3 is 10.2 Å². The van der Waals surface area contributed by atoms with E-state index in [2.05, 4.69) is 5.32 Å². The Morgan fingerprint density at radius 1 is 0.846 bits per heavy atom. The van der Waals surface area contributed by atoms with Gasteiger partial charge in [-0.2, -0.15) is 0 Å². The van der Waals surface area contributed by atoms with Gasteiger partial charge in [-0.25, -0.2) is 8.42 Å². The molecule has 2 atom stereocenters. The van der Waals surface area contributed by atoms with Crippen molar-refractivity contribution in [3.05, 3.63) is 94.5 Å². The number of amides is 2. The number of hydrogen-bond acceptors (Lipinski definition) is 4. The number of rotatable bonds is 12. The lowest BCUT2D eigenvalue weighted by atomic mass is 10.1. The average Bonchev–Trinajstić information content (AvgIpc) is 2.93. The highest BCUT2D eigenvalue weighted by Crippen LogP contribution is 2.28. The van der Waals surface area contributed by atoms with Gasteiger partial charge in [0.15, 0.2) is 0 Å². The second-order valence-electron chi connectivity index (χ2n) is 9.12. The largest absolute Gasteiger partial charge is 0.352 e. The molecule has 2 amide bonds. The van der Waals surface area contributed by atoms with Gasteiger partial charge in [0, 0.05) is 28.2 Å². The lowest BCUT2D eigenvalue weighted by molar-refractivity contribution is -0.140. The predicted octanol–water partition coefficient (Wildman–Crippen LogP) is 5.91. The molecule has 0 unspecified atom stereocenters. The zero-order valence-electron chi connectivity index (χ0n) is 22.2. The van der Waals surface area contributed by atoms with E-state index in [1.165, 1.54) is 17.0 Å². The summed E-state index contributed by atoms with van der Waals surface area (Å²) >= 11 is 12.9. The van der Waals surface area contributed by atoms with E-state index in [9.17, 15) is 18.0 Å². The van der Waals surface area contributed by atoms with Crippen molar-refractivity contribution in [3.8, 4) is 0 Å². The molecule has 0 bridgehead atoms. The second kappa shape index (κ2) is 13.8. The summed E-state index contributed by atoms with van der Waals surface area (Å²) in [5.74, 6) is -0.902. The van der Waals surface area contributed by atoms with Crippen molar-refractivity contribution in [2.75, 3.05) is 10.8 Å².